The summed E-state index contributed by atoms with van der Waals surface area (Å²) in [5.41, 5.74) is 10.3. The number of rotatable bonds is 7. The summed E-state index contributed by atoms with van der Waals surface area (Å²) >= 11 is 0. The largest absolute Gasteiger partial charge is 0.370 e. The molecule has 5 heteroatoms. The lowest BCUT2D eigenvalue weighted by Gasteiger charge is -2.17. The second-order valence-electron chi connectivity index (χ2n) is 5.22. The third-order valence-corrected chi connectivity index (χ3v) is 4.18. The second-order valence-corrected chi connectivity index (χ2v) is 10.8. The Morgan fingerprint density at radius 2 is 1.73 bits per heavy atom. The molecule has 0 aliphatic heterocycles. The fraction of sp³-hybridized carbons (Fsp3) is 0.800. The zero-order valence-corrected chi connectivity index (χ0v) is 10.9. The molecule has 0 aromatic heterocycles. The summed E-state index contributed by atoms with van der Waals surface area (Å²) < 4.78 is 0. The molecule has 0 aliphatic rings. The molecule has 0 bridgehead atoms. The van der Waals surface area contributed by atoms with E-state index in [0.717, 1.165) is 12.5 Å². The van der Waals surface area contributed by atoms with Gasteiger partial charge >= 0.3 is 0 Å². The maximum atomic E-state index is 11.0. The van der Waals surface area contributed by atoms with Crippen LogP contribution in [-0.2, 0) is 9.59 Å². The Morgan fingerprint density at radius 1 is 1.20 bits per heavy atom. The van der Waals surface area contributed by atoms with Crippen LogP contribution in [0.25, 0.3) is 0 Å². The van der Waals surface area contributed by atoms with Crippen molar-refractivity contribution >= 4 is 19.9 Å². The number of carbonyl (C=O) groups excluding carboxylic acids is 2. The SMILES string of the molecule is C[Si](C)(C)CCC[C@@H](CC(N)=O)C(N)=O. The van der Waals surface area contributed by atoms with E-state index in [4.69, 9.17) is 11.5 Å². The fourth-order valence-electron chi connectivity index (χ4n) is 1.47. The summed E-state index contributed by atoms with van der Waals surface area (Å²) in [4.78, 5) is 21.7. The molecule has 1 atom stereocenters. The Bertz CT molecular complexity index is 236. The maximum absolute atomic E-state index is 11.0. The molecule has 88 valence electrons. The van der Waals surface area contributed by atoms with Gasteiger partial charge in [0.25, 0.3) is 0 Å². The van der Waals surface area contributed by atoms with E-state index in [0.29, 0.717) is 6.42 Å². The lowest BCUT2D eigenvalue weighted by molar-refractivity contribution is -0.127. The number of hydrogen-bond acceptors (Lipinski definition) is 2. The van der Waals surface area contributed by atoms with Gasteiger partial charge in [-0.1, -0.05) is 32.1 Å². The van der Waals surface area contributed by atoms with Crippen LogP contribution in [0, 0.1) is 5.92 Å². The molecular weight excluding hydrogens is 208 g/mol. The van der Waals surface area contributed by atoms with E-state index in [1.807, 2.05) is 0 Å². The van der Waals surface area contributed by atoms with Crippen LogP contribution in [0.5, 0.6) is 0 Å². The fourth-order valence-corrected chi connectivity index (χ4v) is 2.73. The molecule has 0 rings (SSSR count). The van der Waals surface area contributed by atoms with Crippen LogP contribution in [0.2, 0.25) is 25.7 Å². The van der Waals surface area contributed by atoms with Crippen LogP contribution >= 0.6 is 0 Å². The van der Waals surface area contributed by atoms with Crippen LogP contribution in [0.4, 0.5) is 0 Å². The molecule has 0 unspecified atom stereocenters. The van der Waals surface area contributed by atoms with Gasteiger partial charge in [0.15, 0.2) is 0 Å². The van der Waals surface area contributed by atoms with Crippen LogP contribution in [0.1, 0.15) is 19.3 Å². The minimum Gasteiger partial charge on any atom is -0.370 e. The molecule has 0 radical (unpaired) electrons. The van der Waals surface area contributed by atoms with Crippen molar-refractivity contribution in [2.45, 2.75) is 44.9 Å². The first-order valence-electron chi connectivity index (χ1n) is 5.30. The van der Waals surface area contributed by atoms with E-state index in [1.165, 1.54) is 0 Å². The Hall–Kier alpha value is -0.843. The van der Waals surface area contributed by atoms with Gasteiger partial charge in [-0.3, -0.25) is 9.59 Å². The molecule has 15 heavy (non-hydrogen) atoms. The Balaban J connectivity index is 3.98. The highest BCUT2D eigenvalue weighted by molar-refractivity contribution is 6.76. The Labute approximate surface area is 92.4 Å². The van der Waals surface area contributed by atoms with E-state index in [2.05, 4.69) is 19.6 Å². The van der Waals surface area contributed by atoms with Gasteiger partial charge in [0, 0.05) is 20.4 Å². The highest BCUT2D eigenvalue weighted by atomic mass is 28.3. The molecular formula is C10H22N2O2Si. The zero-order chi connectivity index (χ0) is 12.1. The normalized spacial score (nSPS) is 13.5. The van der Waals surface area contributed by atoms with Gasteiger partial charge in [-0.2, -0.15) is 0 Å². The van der Waals surface area contributed by atoms with Gasteiger partial charge in [0.05, 0.1) is 0 Å². The minimum absolute atomic E-state index is 0.0844. The monoisotopic (exact) mass is 230 g/mol. The van der Waals surface area contributed by atoms with Gasteiger partial charge < -0.3 is 11.5 Å². The topological polar surface area (TPSA) is 86.2 Å². The molecule has 0 spiro atoms. The van der Waals surface area contributed by atoms with Crippen molar-refractivity contribution in [1.82, 2.24) is 0 Å². The van der Waals surface area contributed by atoms with Crippen molar-refractivity contribution in [2.24, 2.45) is 17.4 Å². The summed E-state index contributed by atoms with van der Waals surface area (Å²) in [5.74, 6) is -1.24. The summed E-state index contributed by atoms with van der Waals surface area (Å²) in [6.45, 7) is 6.83. The van der Waals surface area contributed by atoms with Crippen LogP contribution in [0.15, 0.2) is 0 Å². The lowest BCUT2D eigenvalue weighted by atomic mass is 9.99. The van der Waals surface area contributed by atoms with Crippen LogP contribution in [-0.4, -0.2) is 19.9 Å². The van der Waals surface area contributed by atoms with Gasteiger partial charge in [-0.15, -0.1) is 0 Å². The average Bonchev–Trinajstić information content (AvgIpc) is 1.99. The standard InChI is InChI=1S/C10H22N2O2Si/c1-15(2,3)6-4-5-8(10(12)14)7-9(11)13/h8H,4-7H2,1-3H3,(H2,11,13)(H2,12,14)/t8-/m0/s1. The summed E-state index contributed by atoms with van der Waals surface area (Å²) in [7, 11) is -1.07. The summed E-state index contributed by atoms with van der Waals surface area (Å²) in [6, 6.07) is 1.15. The number of primary amides is 2. The number of hydrogen-bond donors (Lipinski definition) is 2. The predicted octanol–water partition coefficient (Wildman–Crippen LogP) is 1.08. The van der Waals surface area contributed by atoms with Gasteiger partial charge in [-0.25, -0.2) is 0 Å². The third kappa shape index (κ3) is 8.17. The third-order valence-electron chi connectivity index (χ3n) is 2.33. The predicted molar refractivity (Wildman–Crippen MR) is 63.9 cm³/mol. The van der Waals surface area contributed by atoms with Crippen molar-refractivity contribution in [3.63, 3.8) is 0 Å². The van der Waals surface area contributed by atoms with Gasteiger partial charge in [0.1, 0.15) is 0 Å². The molecule has 4 N–H and O–H groups in total. The first-order chi connectivity index (χ1) is 6.72. The van der Waals surface area contributed by atoms with Crippen LogP contribution in [0.3, 0.4) is 0 Å². The summed E-state index contributed by atoms with van der Waals surface area (Å²) in [5, 5.41) is 0. The molecule has 0 saturated carbocycles. The Kier molecular flexibility index (Phi) is 5.57. The second kappa shape index (κ2) is 5.90. The molecule has 0 saturated heterocycles. The summed E-state index contributed by atoms with van der Waals surface area (Å²) in [6.07, 6.45) is 1.72. The van der Waals surface area contributed by atoms with Gasteiger partial charge in [-0.05, 0) is 6.42 Å². The molecule has 0 fully saturated rings. The number of nitrogens with two attached hydrogens (primary N) is 2. The highest BCUT2D eigenvalue weighted by Crippen LogP contribution is 2.18. The molecule has 0 aliphatic carbocycles. The first kappa shape index (κ1) is 14.2. The van der Waals surface area contributed by atoms with Crippen molar-refractivity contribution in [2.75, 3.05) is 0 Å². The van der Waals surface area contributed by atoms with Gasteiger partial charge in [0.2, 0.25) is 11.8 Å². The Morgan fingerprint density at radius 3 is 2.07 bits per heavy atom. The average molecular weight is 230 g/mol. The minimum atomic E-state index is -1.07. The van der Waals surface area contributed by atoms with Crippen molar-refractivity contribution in [3.05, 3.63) is 0 Å². The van der Waals surface area contributed by atoms with Crippen molar-refractivity contribution in [3.8, 4) is 0 Å². The van der Waals surface area contributed by atoms with E-state index < -0.39 is 19.9 Å². The number of carbonyl (C=O) groups is 2. The molecule has 0 heterocycles. The lowest BCUT2D eigenvalue weighted by Crippen LogP contribution is -2.29. The van der Waals surface area contributed by atoms with Crippen molar-refractivity contribution in [1.29, 1.82) is 0 Å². The van der Waals surface area contributed by atoms with Crippen LogP contribution < -0.4 is 11.5 Å². The van der Waals surface area contributed by atoms with E-state index in [-0.39, 0.29) is 12.3 Å². The van der Waals surface area contributed by atoms with E-state index in [1.54, 1.807) is 0 Å². The first-order valence-corrected chi connectivity index (χ1v) is 9.00. The van der Waals surface area contributed by atoms with E-state index in [9.17, 15) is 9.59 Å². The zero-order valence-electron chi connectivity index (χ0n) is 9.88. The number of amides is 2. The molecule has 0 aromatic carbocycles. The van der Waals surface area contributed by atoms with E-state index >= 15 is 0 Å². The molecule has 0 aromatic rings. The highest BCUT2D eigenvalue weighted by Gasteiger charge is 2.19. The quantitative estimate of drug-likeness (QED) is 0.641. The smallest absolute Gasteiger partial charge is 0.221 e. The maximum Gasteiger partial charge on any atom is 0.221 e. The van der Waals surface area contributed by atoms with Crippen molar-refractivity contribution < 1.29 is 9.59 Å². The molecule has 4 nitrogen and oxygen atoms in total. The molecule has 2 amide bonds.